The van der Waals surface area contributed by atoms with E-state index >= 15 is 0 Å². The molecule has 3 aromatic heterocycles. The fourth-order valence-corrected chi connectivity index (χ4v) is 6.01. The molecule has 4 atom stereocenters. The number of nitrogens with one attached hydrogen (secondary N) is 1. The number of thiophene rings is 1. The lowest BCUT2D eigenvalue weighted by Crippen LogP contribution is -2.48. The topological polar surface area (TPSA) is 138 Å². The summed E-state index contributed by atoms with van der Waals surface area (Å²) < 4.78 is 31.7. The van der Waals surface area contributed by atoms with E-state index in [1.165, 1.54) is 6.07 Å². The SMILES string of the molecule is Cc1nc2sc(C(=O)NC3COc4nc(N5CC(N)C6(C5)OCC(C)O6)ccc4C3)c(N)c2cc1F. The second kappa shape index (κ2) is 8.51. The smallest absolute Gasteiger partial charge is 0.263 e. The van der Waals surface area contributed by atoms with Gasteiger partial charge in [-0.15, -0.1) is 11.3 Å². The maximum Gasteiger partial charge on any atom is 0.263 e. The number of hydrogen-bond acceptors (Lipinski definition) is 10. The van der Waals surface area contributed by atoms with Gasteiger partial charge in [-0.1, -0.05) is 0 Å². The first-order valence-corrected chi connectivity index (χ1v) is 12.6. The molecule has 5 N–H and O–H groups in total. The molecule has 0 aliphatic carbocycles. The van der Waals surface area contributed by atoms with Crippen LogP contribution >= 0.6 is 11.3 Å². The summed E-state index contributed by atoms with van der Waals surface area (Å²) in [6.45, 7) is 5.39. The van der Waals surface area contributed by atoms with Crippen LogP contribution in [0, 0.1) is 12.7 Å². The van der Waals surface area contributed by atoms with Crippen molar-refractivity contribution < 1.29 is 23.4 Å². The zero-order valence-corrected chi connectivity index (χ0v) is 20.7. The van der Waals surface area contributed by atoms with Crippen LogP contribution in [0.15, 0.2) is 18.2 Å². The molecular formula is C24H27FN6O4S. The highest BCUT2D eigenvalue weighted by atomic mass is 32.1. The van der Waals surface area contributed by atoms with E-state index in [0.29, 0.717) is 47.1 Å². The second-order valence-electron chi connectivity index (χ2n) is 9.61. The number of halogens is 1. The average molecular weight is 515 g/mol. The van der Waals surface area contributed by atoms with Gasteiger partial charge in [-0.05, 0) is 32.0 Å². The molecule has 1 amide bonds. The maximum atomic E-state index is 13.9. The van der Waals surface area contributed by atoms with Gasteiger partial charge in [0.25, 0.3) is 5.91 Å². The van der Waals surface area contributed by atoms with Crippen LogP contribution in [0.4, 0.5) is 15.9 Å². The second-order valence-corrected chi connectivity index (χ2v) is 10.6. The van der Waals surface area contributed by atoms with Crippen molar-refractivity contribution in [2.24, 2.45) is 5.73 Å². The third-order valence-electron chi connectivity index (χ3n) is 6.88. The van der Waals surface area contributed by atoms with Crippen molar-refractivity contribution in [1.29, 1.82) is 0 Å². The van der Waals surface area contributed by atoms with E-state index in [1.807, 2.05) is 24.0 Å². The van der Waals surface area contributed by atoms with Crippen LogP contribution in [0.25, 0.3) is 10.2 Å². The van der Waals surface area contributed by atoms with Gasteiger partial charge in [0.2, 0.25) is 11.7 Å². The van der Waals surface area contributed by atoms with Crippen molar-refractivity contribution in [3.8, 4) is 5.88 Å². The minimum atomic E-state index is -0.804. The Morgan fingerprint density at radius 3 is 2.94 bits per heavy atom. The van der Waals surface area contributed by atoms with Crippen molar-refractivity contribution in [1.82, 2.24) is 15.3 Å². The van der Waals surface area contributed by atoms with Crippen LogP contribution < -0.4 is 26.4 Å². The molecule has 2 fully saturated rings. The van der Waals surface area contributed by atoms with Crippen LogP contribution in [0.1, 0.15) is 27.9 Å². The van der Waals surface area contributed by atoms with Gasteiger partial charge < -0.3 is 35.9 Å². The third-order valence-corrected chi connectivity index (χ3v) is 8.00. The molecule has 1 spiro atoms. The molecule has 3 aliphatic rings. The molecule has 190 valence electrons. The summed E-state index contributed by atoms with van der Waals surface area (Å²) in [5.41, 5.74) is 13.9. The van der Waals surface area contributed by atoms with Crippen molar-refractivity contribution in [2.45, 2.75) is 44.2 Å². The first kappa shape index (κ1) is 23.3. The molecule has 0 bridgehead atoms. The summed E-state index contributed by atoms with van der Waals surface area (Å²) in [6.07, 6.45) is 0.561. The number of aryl methyl sites for hydroxylation is 1. The summed E-state index contributed by atoms with van der Waals surface area (Å²) >= 11 is 1.15. The molecule has 0 radical (unpaired) electrons. The molecule has 6 heterocycles. The zero-order valence-electron chi connectivity index (χ0n) is 19.9. The van der Waals surface area contributed by atoms with Crippen LogP contribution in [0.5, 0.6) is 5.88 Å². The summed E-state index contributed by atoms with van der Waals surface area (Å²) in [5.74, 6) is -0.319. The first-order chi connectivity index (χ1) is 17.2. The lowest BCUT2D eigenvalue weighted by molar-refractivity contribution is -0.157. The number of amides is 1. The lowest BCUT2D eigenvalue weighted by atomic mass is 10.1. The number of carbonyl (C=O) groups excluding carboxylic acids is 1. The highest BCUT2D eigenvalue weighted by Gasteiger charge is 2.52. The molecule has 12 heteroatoms. The van der Waals surface area contributed by atoms with Gasteiger partial charge in [-0.3, -0.25) is 4.79 Å². The fourth-order valence-electron chi connectivity index (χ4n) is 4.98. The monoisotopic (exact) mass is 514 g/mol. The standard InChI is InChI=1S/C24H27FN6O4S/c1-11-8-34-24(35-11)10-31(7-17(24)26)18-4-3-13-5-14(9-33-22(13)30-18)29-21(32)20-19(27)15-6-16(25)12(2)28-23(15)36-20/h3-4,6,11,14,17H,5,7-10,26-27H2,1-2H3,(H,29,32). The lowest BCUT2D eigenvalue weighted by Gasteiger charge is -2.27. The Morgan fingerprint density at radius 2 is 2.17 bits per heavy atom. The molecule has 10 nitrogen and oxygen atoms in total. The molecule has 36 heavy (non-hydrogen) atoms. The van der Waals surface area contributed by atoms with Crippen LogP contribution in [-0.2, 0) is 15.9 Å². The number of anilines is 2. The molecule has 6 rings (SSSR count). The van der Waals surface area contributed by atoms with E-state index in [-0.39, 0.29) is 42.1 Å². The maximum absolute atomic E-state index is 13.9. The summed E-state index contributed by atoms with van der Waals surface area (Å²) in [7, 11) is 0. The van der Waals surface area contributed by atoms with Gasteiger partial charge in [-0.2, -0.15) is 4.98 Å². The Labute approximate surface area is 210 Å². The Hall–Kier alpha value is -3.06. The predicted molar refractivity (Wildman–Crippen MR) is 133 cm³/mol. The molecular weight excluding hydrogens is 487 g/mol. The number of rotatable bonds is 3. The number of nitrogen functional groups attached to an aromatic ring is 1. The van der Waals surface area contributed by atoms with Crippen LogP contribution in [-0.4, -0.2) is 66.2 Å². The van der Waals surface area contributed by atoms with Crippen LogP contribution in [0.2, 0.25) is 0 Å². The number of carbonyl (C=O) groups is 1. The van der Waals surface area contributed by atoms with Crippen molar-refractivity contribution in [2.75, 3.05) is 36.9 Å². The number of ether oxygens (including phenoxy) is 3. The van der Waals surface area contributed by atoms with Gasteiger partial charge in [0, 0.05) is 23.9 Å². The van der Waals surface area contributed by atoms with E-state index in [2.05, 4.69) is 10.3 Å². The number of hydrogen-bond donors (Lipinski definition) is 3. The predicted octanol–water partition coefficient (Wildman–Crippen LogP) is 1.73. The van der Waals surface area contributed by atoms with Gasteiger partial charge in [-0.25, -0.2) is 9.37 Å². The Balaban J connectivity index is 1.15. The van der Waals surface area contributed by atoms with Gasteiger partial charge >= 0.3 is 0 Å². The third kappa shape index (κ3) is 3.84. The summed E-state index contributed by atoms with van der Waals surface area (Å²) in [5, 5.41) is 3.42. The molecule has 0 saturated carbocycles. The molecule has 3 aliphatic heterocycles. The number of nitrogens with two attached hydrogens (primary N) is 2. The molecule has 0 aromatic carbocycles. The fraction of sp³-hybridized carbons (Fsp3) is 0.458. The molecule has 3 aromatic rings. The Kier molecular flexibility index (Phi) is 5.52. The largest absolute Gasteiger partial charge is 0.475 e. The van der Waals surface area contributed by atoms with Crippen molar-refractivity contribution in [3.63, 3.8) is 0 Å². The number of pyridine rings is 2. The quantitative estimate of drug-likeness (QED) is 0.477. The highest BCUT2D eigenvalue weighted by molar-refractivity contribution is 7.21. The number of aromatic nitrogens is 2. The van der Waals surface area contributed by atoms with E-state index in [1.54, 1.807) is 6.92 Å². The minimum Gasteiger partial charge on any atom is -0.475 e. The highest BCUT2D eigenvalue weighted by Crippen LogP contribution is 2.36. The van der Waals surface area contributed by atoms with Gasteiger partial charge in [0.1, 0.15) is 27.9 Å². The molecule has 2 saturated heterocycles. The molecule has 4 unspecified atom stereocenters. The van der Waals surface area contributed by atoms with Crippen LogP contribution in [0.3, 0.4) is 0 Å². The average Bonchev–Trinajstić information content (AvgIpc) is 3.49. The van der Waals surface area contributed by atoms with Crippen molar-refractivity contribution in [3.05, 3.63) is 40.2 Å². The zero-order chi connectivity index (χ0) is 25.2. The number of nitrogens with zero attached hydrogens (tertiary/aromatic N) is 3. The Morgan fingerprint density at radius 1 is 1.33 bits per heavy atom. The normalized spacial score (nSPS) is 27.4. The first-order valence-electron chi connectivity index (χ1n) is 11.8. The summed E-state index contributed by atoms with van der Waals surface area (Å²) in [4.78, 5) is 24.8. The minimum absolute atomic E-state index is 0.00688. The van der Waals surface area contributed by atoms with Crippen molar-refractivity contribution >= 4 is 39.0 Å². The van der Waals surface area contributed by atoms with E-state index in [4.69, 9.17) is 30.7 Å². The van der Waals surface area contributed by atoms with Gasteiger partial charge in [0.05, 0.1) is 42.7 Å². The van der Waals surface area contributed by atoms with E-state index in [0.717, 1.165) is 22.7 Å². The Bertz CT molecular complexity index is 1370. The summed E-state index contributed by atoms with van der Waals surface area (Å²) in [6, 6.07) is 4.65. The van der Waals surface area contributed by atoms with Gasteiger partial charge in [0.15, 0.2) is 0 Å². The number of fused-ring (bicyclic) bond motifs is 2. The van der Waals surface area contributed by atoms with E-state index < -0.39 is 11.6 Å². The van der Waals surface area contributed by atoms with E-state index in [9.17, 15) is 9.18 Å².